The Bertz CT molecular complexity index is 358. The Kier molecular flexibility index (Phi) is 3.86. The van der Waals surface area contributed by atoms with Gasteiger partial charge >= 0.3 is 0 Å². The van der Waals surface area contributed by atoms with Crippen LogP contribution in [-0.2, 0) is 4.79 Å². The molecule has 1 aromatic carbocycles. The first-order valence-corrected chi connectivity index (χ1v) is 4.64. The SMILES string of the molecule is C/C=C\C(=O)/C(C)=C/c1ccccc1. The third-order valence-electron chi connectivity index (χ3n) is 1.89. The van der Waals surface area contributed by atoms with E-state index in [0.717, 1.165) is 11.1 Å². The molecule has 0 radical (unpaired) electrons. The van der Waals surface area contributed by atoms with Crippen molar-refractivity contribution in [3.8, 4) is 0 Å². The average molecular weight is 186 g/mol. The topological polar surface area (TPSA) is 17.1 Å². The fourth-order valence-electron chi connectivity index (χ4n) is 1.15. The van der Waals surface area contributed by atoms with Crippen LogP contribution in [0.1, 0.15) is 19.4 Å². The second-order valence-electron chi connectivity index (χ2n) is 3.10. The number of carbonyl (C=O) groups excluding carboxylic acids is 1. The maximum atomic E-state index is 11.4. The van der Waals surface area contributed by atoms with Crippen molar-refractivity contribution in [2.75, 3.05) is 0 Å². The Morgan fingerprint density at radius 2 is 1.86 bits per heavy atom. The summed E-state index contributed by atoms with van der Waals surface area (Å²) in [6.45, 7) is 3.67. The van der Waals surface area contributed by atoms with Crippen LogP contribution in [0.5, 0.6) is 0 Å². The number of hydrogen-bond acceptors (Lipinski definition) is 1. The summed E-state index contributed by atoms with van der Waals surface area (Å²) in [5.74, 6) is 0.0661. The van der Waals surface area contributed by atoms with Gasteiger partial charge in [0.15, 0.2) is 5.78 Å². The minimum absolute atomic E-state index is 0.0661. The Morgan fingerprint density at radius 3 is 2.43 bits per heavy atom. The van der Waals surface area contributed by atoms with Gasteiger partial charge in [0.05, 0.1) is 0 Å². The summed E-state index contributed by atoms with van der Waals surface area (Å²) in [5, 5.41) is 0. The molecule has 0 heterocycles. The van der Waals surface area contributed by atoms with E-state index in [-0.39, 0.29) is 5.78 Å². The Morgan fingerprint density at radius 1 is 1.21 bits per heavy atom. The number of hydrogen-bond donors (Lipinski definition) is 0. The standard InChI is InChI=1S/C13H14O/c1-3-7-13(14)11(2)10-12-8-5-4-6-9-12/h3-10H,1-2H3/b7-3-,11-10+. The van der Waals surface area contributed by atoms with E-state index in [9.17, 15) is 4.79 Å². The van der Waals surface area contributed by atoms with Gasteiger partial charge in [-0.05, 0) is 37.1 Å². The number of carbonyl (C=O) groups is 1. The van der Waals surface area contributed by atoms with Crippen molar-refractivity contribution < 1.29 is 4.79 Å². The highest BCUT2D eigenvalue weighted by molar-refractivity contribution is 6.06. The molecule has 0 spiro atoms. The minimum atomic E-state index is 0.0661. The number of ketones is 1. The molecule has 0 aromatic heterocycles. The molecule has 1 nitrogen and oxygen atoms in total. The first-order chi connectivity index (χ1) is 6.74. The summed E-state index contributed by atoms with van der Waals surface area (Å²) in [7, 11) is 0. The lowest BCUT2D eigenvalue weighted by molar-refractivity contribution is -0.111. The minimum Gasteiger partial charge on any atom is -0.290 e. The molecule has 0 amide bonds. The normalized spacial score (nSPS) is 12.0. The van der Waals surface area contributed by atoms with Gasteiger partial charge in [0.25, 0.3) is 0 Å². The molecular weight excluding hydrogens is 172 g/mol. The zero-order valence-electron chi connectivity index (χ0n) is 8.53. The molecule has 0 unspecified atom stereocenters. The molecule has 0 aliphatic rings. The van der Waals surface area contributed by atoms with Gasteiger partial charge in [-0.2, -0.15) is 0 Å². The van der Waals surface area contributed by atoms with Gasteiger partial charge in [0, 0.05) is 0 Å². The van der Waals surface area contributed by atoms with E-state index in [1.807, 2.05) is 50.3 Å². The third kappa shape index (κ3) is 3.02. The lowest BCUT2D eigenvalue weighted by Crippen LogP contribution is -1.93. The van der Waals surface area contributed by atoms with Gasteiger partial charge in [-0.1, -0.05) is 36.4 Å². The molecular formula is C13H14O. The van der Waals surface area contributed by atoms with Crippen LogP contribution in [0, 0.1) is 0 Å². The lowest BCUT2D eigenvalue weighted by atomic mass is 10.1. The molecule has 72 valence electrons. The molecule has 0 atom stereocenters. The summed E-state index contributed by atoms with van der Waals surface area (Å²) in [5.41, 5.74) is 1.82. The van der Waals surface area contributed by atoms with Gasteiger partial charge in [0.2, 0.25) is 0 Å². The summed E-state index contributed by atoms with van der Waals surface area (Å²) in [6.07, 6.45) is 5.22. The summed E-state index contributed by atoms with van der Waals surface area (Å²) >= 11 is 0. The van der Waals surface area contributed by atoms with Crippen molar-refractivity contribution in [2.45, 2.75) is 13.8 Å². The average Bonchev–Trinajstić information content (AvgIpc) is 2.19. The number of rotatable bonds is 3. The lowest BCUT2D eigenvalue weighted by Gasteiger charge is -1.95. The van der Waals surface area contributed by atoms with Crippen molar-refractivity contribution in [1.29, 1.82) is 0 Å². The largest absolute Gasteiger partial charge is 0.290 e. The fraction of sp³-hybridized carbons (Fsp3) is 0.154. The number of allylic oxidation sites excluding steroid dienone is 3. The van der Waals surface area contributed by atoms with Gasteiger partial charge in [-0.15, -0.1) is 0 Å². The first kappa shape index (κ1) is 10.5. The van der Waals surface area contributed by atoms with Crippen molar-refractivity contribution >= 4 is 11.9 Å². The van der Waals surface area contributed by atoms with Crippen molar-refractivity contribution in [1.82, 2.24) is 0 Å². The molecule has 1 aromatic rings. The summed E-state index contributed by atoms with van der Waals surface area (Å²) in [6, 6.07) is 9.83. The highest BCUT2D eigenvalue weighted by Crippen LogP contribution is 2.07. The molecule has 0 fully saturated rings. The predicted molar refractivity (Wildman–Crippen MR) is 59.9 cm³/mol. The summed E-state index contributed by atoms with van der Waals surface area (Å²) < 4.78 is 0. The highest BCUT2D eigenvalue weighted by Gasteiger charge is 1.98. The maximum Gasteiger partial charge on any atom is 0.181 e. The molecule has 0 N–H and O–H groups in total. The fourth-order valence-corrected chi connectivity index (χ4v) is 1.15. The Balaban J connectivity index is 2.84. The number of benzene rings is 1. The quantitative estimate of drug-likeness (QED) is 0.662. The van der Waals surface area contributed by atoms with Crippen LogP contribution in [-0.4, -0.2) is 5.78 Å². The van der Waals surface area contributed by atoms with Gasteiger partial charge in [-0.3, -0.25) is 4.79 Å². The van der Waals surface area contributed by atoms with E-state index in [1.165, 1.54) is 0 Å². The van der Waals surface area contributed by atoms with E-state index < -0.39 is 0 Å². The van der Waals surface area contributed by atoms with Crippen LogP contribution in [0.3, 0.4) is 0 Å². The molecule has 1 rings (SSSR count). The zero-order valence-corrected chi connectivity index (χ0v) is 8.53. The smallest absolute Gasteiger partial charge is 0.181 e. The van der Waals surface area contributed by atoms with E-state index >= 15 is 0 Å². The van der Waals surface area contributed by atoms with E-state index in [0.29, 0.717) is 0 Å². The van der Waals surface area contributed by atoms with Crippen LogP contribution in [0.2, 0.25) is 0 Å². The molecule has 14 heavy (non-hydrogen) atoms. The van der Waals surface area contributed by atoms with Crippen LogP contribution in [0.15, 0.2) is 48.1 Å². The monoisotopic (exact) mass is 186 g/mol. The predicted octanol–water partition coefficient (Wildman–Crippen LogP) is 3.24. The molecule has 1 heteroatoms. The third-order valence-corrected chi connectivity index (χ3v) is 1.89. The van der Waals surface area contributed by atoms with Crippen molar-refractivity contribution in [3.05, 3.63) is 53.6 Å². The van der Waals surface area contributed by atoms with E-state index in [4.69, 9.17) is 0 Å². The second-order valence-corrected chi connectivity index (χ2v) is 3.10. The van der Waals surface area contributed by atoms with Gasteiger partial charge in [-0.25, -0.2) is 0 Å². The Labute approximate surface area is 84.8 Å². The molecule has 0 saturated heterocycles. The van der Waals surface area contributed by atoms with Crippen LogP contribution in [0.4, 0.5) is 0 Å². The van der Waals surface area contributed by atoms with Crippen LogP contribution in [0.25, 0.3) is 6.08 Å². The molecule has 0 bridgehead atoms. The zero-order chi connectivity index (χ0) is 10.4. The molecule has 0 saturated carbocycles. The maximum absolute atomic E-state index is 11.4. The molecule has 0 aliphatic heterocycles. The first-order valence-electron chi connectivity index (χ1n) is 4.64. The van der Waals surface area contributed by atoms with Crippen molar-refractivity contribution in [2.24, 2.45) is 0 Å². The van der Waals surface area contributed by atoms with Crippen LogP contribution >= 0.6 is 0 Å². The van der Waals surface area contributed by atoms with E-state index in [2.05, 4.69) is 0 Å². The van der Waals surface area contributed by atoms with Crippen molar-refractivity contribution in [3.63, 3.8) is 0 Å². The van der Waals surface area contributed by atoms with Gasteiger partial charge < -0.3 is 0 Å². The summed E-state index contributed by atoms with van der Waals surface area (Å²) in [4.78, 5) is 11.4. The molecule has 0 aliphatic carbocycles. The second kappa shape index (κ2) is 5.18. The van der Waals surface area contributed by atoms with Gasteiger partial charge in [0.1, 0.15) is 0 Å². The highest BCUT2D eigenvalue weighted by atomic mass is 16.1. The van der Waals surface area contributed by atoms with Crippen LogP contribution < -0.4 is 0 Å². The van der Waals surface area contributed by atoms with E-state index in [1.54, 1.807) is 12.2 Å². The Hall–Kier alpha value is -1.63.